The lowest BCUT2D eigenvalue weighted by Crippen LogP contribution is -2.21. The molecule has 0 aliphatic heterocycles. The average molecular weight is 219 g/mol. The summed E-state index contributed by atoms with van der Waals surface area (Å²) in [5, 5.41) is 1.09. The Balaban J connectivity index is 2.83. The third-order valence-corrected chi connectivity index (χ3v) is 3.25. The summed E-state index contributed by atoms with van der Waals surface area (Å²) < 4.78 is 13.3. The number of nitrogens with zero attached hydrogens (tertiary/aromatic N) is 2. The predicted molar refractivity (Wildman–Crippen MR) is 54.0 cm³/mol. The molecular weight excluding hydrogens is 208 g/mol. The second-order valence-corrected chi connectivity index (χ2v) is 4.48. The Hall–Kier alpha value is -0.450. The summed E-state index contributed by atoms with van der Waals surface area (Å²) in [5.74, 6) is 0. The van der Waals surface area contributed by atoms with E-state index in [1.165, 1.54) is 6.20 Å². The molecule has 1 aromatic rings. The van der Waals surface area contributed by atoms with Gasteiger partial charge in [-0.15, -0.1) is 0 Å². The molecule has 0 radical (unpaired) electrons. The second kappa shape index (κ2) is 4.69. The van der Waals surface area contributed by atoms with Gasteiger partial charge in [0.15, 0.2) is 0 Å². The van der Waals surface area contributed by atoms with Crippen LogP contribution in [0.15, 0.2) is 23.4 Å². The van der Waals surface area contributed by atoms with Crippen molar-refractivity contribution in [2.75, 3.05) is 13.6 Å². The highest BCUT2D eigenvalue weighted by atomic mass is 35.5. The molecule has 0 N–H and O–H groups in total. The molecule has 0 saturated heterocycles. The first-order chi connectivity index (χ1) is 6.15. The summed E-state index contributed by atoms with van der Waals surface area (Å²) in [6.07, 6.45) is 1.50. The van der Waals surface area contributed by atoms with E-state index in [0.717, 1.165) is 6.54 Å². The van der Waals surface area contributed by atoms with Crippen molar-refractivity contribution in [3.05, 3.63) is 23.4 Å². The third kappa shape index (κ3) is 2.76. The summed E-state index contributed by atoms with van der Waals surface area (Å²) in [5.41, 5.74) is 0. The van der Waals surface area contributed by atoms with Crippen LogP contribution in [0.1, 0.15) is 6.92 Å². The Labute approximate surface area is 85.3 Å². The van der Waals surface area contributed by atoms with Gasteiger partial charge < -0.3 is 0 Å². The van der Waals surface area contributed by atoms with Gasteiger partial charge in [0.1, 0.15) is 16.0 Å². The van der Waals surface area contributed by atoms with E-state index in [1.54, 1.807) is 23.5 Å². The molecule has 0 aliphatic carbocycles. The largest absolute Gasteiger partial charge is 0.244 e. The molecule has 0 amide bonds. The van der Waals surface area contributed by atoms with E-state index >= 15 is 0 Å². The summed E-state index contributed by atoms with van der Waals surface area (Å²) in [4.78, 5) is 3.97. The smallest absolute Gasteiger partial charge is 0.146 e. The number of aromatic nitrogens is 1. The van der Waals surface area contributed by atoms with Crippen LogP contribution in [-0.4, -0.2) is 27.1 Å². The summed E-state index contributed by atoms with van der Waals surface area (Å²) in [6.45, 7) is 2.66. The standard InChI is InChI=1S/C8H11ClN2OS/c1-3-11(2)13(12)8-5-4-7(9)6-10-8/h4-6H,3H2,1-2H3. The van der Waals surface area contributed by atoms with Crippen LogP contribution in [0.25, 0.3) is 0 Å². The van der Waals surface area contributed by atoms with Crippen LogP contribution >= 0.6 is 11.6 Å². The molecule has 1 atom stereocenters. The van der Waals surface area contributed by atoms with Crippen molar-refractivity contribution in [3.63, 3.8) is 0 Å². The SMILES string of the molecule is CCN(C)S(=O)c1ccc(Cl)cn1. The zero-order valence-corrected chi connectivity index (χ0v) is 9.10. The lowest BCUT2D eigenvalue weighted by molar-refractivity contribution is 0.545. The minimum Gasteiger partial charge on any atom is -0.244 e. The van der Waals surface area contributed by atoms with Crippen molar-refractivity contribution in [1.29, 1.82) is 0 Å². The van der Waals surface area contributed by atoms with Gasteiger partial charge in [-0.05, 0) is 12.1 Å². The van der Waals surface area contributed by atoms with Gasteiger partial charge in [0, 0.05) is 19.8 Å². The molecule has 3 nitrogen and oxygen atoms in total. The minimum atomic E-state index is -1.17. The summed E-state index contributed by atoms with van der Waals surface area (Å²) in [6, 6.07) is 3.36. The number of rotatable bonds is 3. The van der Waals surface area contributed by atoms with Crippen LogP contribution in [0.4, 0.5) is 0 Å². The Morgan fingerprint density at radius 2 is 2.31 bits per heavy atom. The highest BCUT2D eigenvalue weighted by Crippen LogP contribution is 2.10. The molecule has 0 aromatic carbocycles. The molecule has 0 bridgehead atoms. The molecule has 0 fully saturated rings. The number of halogens is 1. The van der Waals surface area contributed by atoms with Crippen molar-refractivity contribution in [3.8, 4) is 0 Å². The fourth-order valence-corrected chi connectivity index (χ4v) is 1.74. The molecule has 5 heteroatoms. The molecule has 1 heterocycles. The zero-order valence-electron chi connectivity index (χ0n) is 7.53. The molecule has 1 unspecified atom stereocenters. The second-order valence-electron chi connectivity index (χ2n) is 2.51. The fraction of sp³-hybridized carbons (Fsp3) is 0.375. The average Bonchev–Trinajstić information content (AvgIpc) is 2.17. The van der Waals surface area contributed by atoms with E-state index < -0.39 is 11.0 Å². The number of hydrogen-bond donors (Lipinski definition) is 0. The van der Waals surface area contributed by atoms with Crippen molar-refractivity contribution in [1.82, 2.24) is 9.29 Å². The quantitative estimate of drug-likeness (QED) is 0.774. The molecule has 72 valence electrons. The van der Waals surface area contributed by atoms with Crippen LogP contribution < -0.4 is 0 Å². The van der Waals surface area contributed by atoms with Gasteiger partial charge in [-0.1, -0.05) is 18.5 Å². The van der Waals surface area contributed by atoms with Crippen LogP contribution in [0, 0.1) is 0 Å². The van der Waals surface area contributed by atoms with E-state index in [-0.39, 0.29) is 0 Å². The first-order valence-electron chi connectivity index (χ1n) is 3.89. The van der Waals surface area contributed by atoms with E-state index in [1.807, 2.05) is 6.92 Å². The molecule has 1 rings (SSSR count). The highest BCUT2D eigenvalue weighted by molar-refractivity contribution is 7.82. The highest BCUT2D eigenvalue weighted by Gasteiger charge is 2.09. The lowest BCUT2D eigenvalue weighted by atomic mass is 10.5. The maximum absolute atomic E-state index is 11.6. The predicted octanol–water partition coefficient (Wildman–Crippen LogP) is 1.71. The number of hydrogen-bond acceptors (Lipinski definition) is 2. The van der Waals surface area contributed by atoms with E-state index in [0.29, 0.717) is 10.0 Å². The van der Waals surface area contributed by atoms with Crippen molar-refractivity contribution >= 4 is 22.6 Å². The van der Waals surface area contributed by atoms with Gasteiger partial charge in [-0.2, -0.15) is 0 Å². The Kier molecular flexibility index (Phi) is 3.84. The lowest BCUT2D eigenvalue weighted by Gasteiger charge is -2.11. The van der Waals surface area contributed by atoms with E-state index in [4.69, 9.17) is 11.6 Å². The molecular formula is C8H11ClN2OS. The summed E-state index contributed by atoms with van der Waals surface area (Å²) >= 11 is 5.65. The maximum atomic E-state index is 11.6. The molecule has 0 aliphatic rings. The molecule has 13 heavy (non-hydrogen) atoms. The molecule has 0 spiro atoms. The van der Waals surface area contributed by atoms with E-state index in [2.05, 4.69) is 4.98 Å². The molecule has 0 saturated carbocycles. The minimum absolute atomic E-state index is 0.536. The van der Waals surface area contributed by atoms with Crippen LogP contribution in [0.2, 0.25) is 5.02 Å². The van der Waals surface area contributed by atoms with Gasteiger partial charge in [0.25, 0.3) is 0 Å². The Morgan fingerprint density at radius 3 is 2.77 bits per heavy atom. The Morgan fingerprint density at radius 1 is 1.62 bits per heavy atom. The van der Waals surface area contributed by atoms with Gasteiger partial charge in [0.05, 0.1) is 5.02 Å². The fourth-order valence-electron chi connectivity index (χ4n) is 0.742. The first kappa shape index (κ1) is 10.6. The van der Waals surface area contributed by atoms with Crippen molar-refractivity contribution in [2.45, 2.75) is 11.9 Å². The van der Waals surface area contributed by atoms with Gasteiger partial charge in [0.2, 0.25) is 0 Å². The Bertz CT molecular complexity index is 302. The van der Waals surface area contributed by atoms with Crippen LogP contribution in [0.5, 0.6) is 0 Å². The van der Waals surface area contributed by atoms with Crippen molar-refractivity contribution in [2.24, 2.45) is 0 Å². The monoisotopic (exact) mass is 218 g/mol. The molecule has 1 aromatic heterocycles. The van der Waals surface area contributed by atoms with Gasteiger partial charge in [-0.3, -0.25) is 0 Å². The normalized spacial score (nSPS) is 13.2. The van der Waals surface area contributed by atoms with Gasteiger partial charge >= 0.3 is 0 Å². The third-order valence-electron chi connectivity index (χ3n) is 1.61. The maximum Gasteiger partial charge on any atom is 0.146 e. The van der Waals surface area contributed by atoms with Crippen LogP contribution in [0.3, 0.4) is 0 Å². The topological polar surface area (TPSA) is 33.2 Å². The zero-order chi connectivity index (χ0) is 9.84. The van der Waals surface area contributed by atoms with Gasteiger partial charge in [-0.25, -0.2) is 13.5 Å². The van der Waals surface area contributed by atoms with Crippen molar-refractivity contribution < 1.29 is 4.21 Å². The van der Waals surface area contributed by atoms with E-state index in [9.17, 15) is 4.21 Å². The van der Waals surface area contributed by atoms with Crippen LogP contribution in [-0.2, 0) is 11.0 Å². The summed E-state index contributed by atoms with van der Waals surface area (Å²) in [7, 11) is 0.611. The first-order valence-corrected chi connectivity index (χ1v) is 5.38. The number of pyridine rings is 1.